The van der Waals surface area contributed by atoms with Crippen molar-refractivity contribution in [3.8, 4) is 0 Å². The van der Waals surface area contributed by atoms with E-state index in [4.69, 9.17) is 9.79 Å². The highest BCUT2D eigenvalue weighted by Gasteiger charge is 2.31. The highest BCUT2D eigenvalue weighted by molar-refractivity contribution is 7.46. The highest BCUT2D eigenvalue weighted by Crippen LogP contribution is 2.30. The predicted molar refractivity (Wildman–Crippen MR) is 90.6 cm³/mol. The molecular formula is C15H26O6P2+2. The second kappa shape index (κ2) is 11.7. The van der Waals surface area contributed by atoms with E-state index in [-0.39, 0.29) is 6.61 Å². The van der Waals surface area contributed by atoms with Crippen LogP contribution in [0.3, 0.4) is 0 Å². The number of aliphatic hydroxyl groups is 1. The van der Waals surface area contributed by atoms with Gasteiger partial charge in [-0.3, -0.25) is 0 Å². The molecule has 3 N–H and O–H groups in total. The molecule has 0 aliphatic rings. The third kappa shape index (κ3) is 7.13. The zero-order valence-electron chi connectivity index (χ0n) is 14.1. The molecule has 0 amide bonds. The lowest BCUT2D eigenvalue weighted by Crippen LogP contribution is -2.07. The van der Waals surface area contributed by atoms with Crippen molar-refractivity contribution in [3.63, 3.8) is 0 Å². The molecule has 1 aromatic rings. The fourth-order valence-corrected chi connectivity index (χ4v) is 3.26. The van der Waals surface area contributed by atoms with Crippen molar-refractivity contribution < 1.29 is 28.3 Å². The van der Waals surface area contributed by atoms with E-state index in [2.05, 4.69) is 38.1 Å². The van der Waals surface area contributed by atoms with Crippen LogP contribution in [0.2, 0.25) is 0 Å². The summed E-state index contributed by atoms with van der Waals surface area (Å²) < 4.78 is 22.2. The highest BCUT2D eigenvalue weighted by atomic mass is 31.2. The Labute approximate surface area is 139 Å². The van der Waals surface area contributed by atoms with Crippen LogP contribution < -0.4 is 0 Å². The maximum atomic E-state index is 9.45. The summed E-state index contributed by atoms with van der Waals surface area (Å²) in [7, 11) is -5.85. The molecule has 2 unspecified atom stereocenters. The minimum atomic E-state index is -2.92. The van der Waals surface area contributed by atoms with Crippen LogP contribution in [0.15, 0.2) is 6.07 Å². The molecule has 2 atom stereocenters. The summed E-state index contributed by atoms with van der Waals surface area (Å²) in [6, 6.07) is 2.21. The predicted octanol–water partition coefficient (Wildman–Crippen LogP) is 3.73. The van der Waals surface area contributed by atoms with Gasteiger partial charge in [-0.05, 0) is 53.5 Å². The third-order valence-electron chi connectivity index (χ3n) is 3.60. The van der Waals surface area contributed by atoms with Gasteiger partial charge >= 0.3 is 16.5 Å². The Morgan fingerprint density at radius 2 is 1.26 bits per heavy atom. The molecule has 0 heterocycles. The lowest BCUT2D eigenvalue weighted by Gasteiger charge is -2.19. The van der Waals surface area contributed by atoms with Crippen LogP contribution >= 0.6 is 16.5 Å². The van der Waals surface area contributed by atoms with E-state index >= 15 is 0 Å². The second-order valence-corrected chi connectivity index (χ2v) is 6.36. The molecule has 0 aliphatic heterocycles. The fraction of sp³-hybridized carbons (Fsp3) is 0.600. The molecule has 0 saturated carbocycles. The molecule has 0 radical (unpaired) electrons. The number of aliphatic hydroxyl groups excluding tert-OH is 1. The van der Waals surface area contributed by atoms with E-state index < -0.39 is 16.5 Å². The molecule has 0 saturated heterocycles. The molecule has 0 aromatic heterocycles. The first-order chi connectivity index (χ1) is 10.9. The van der Waals surface area contributed by atoms with E-state index in [0.29, 0.717) is 0 Å². The van der Waals surface area contributed by atoms with Gasteiger partial charge in [0.15, 0.2) is 4.31 Å². The topological polar surface area (TPSA) is 104 Å². The number of hydrogen-bond acceptors (Lipinski definition) is 4. The van der Waals surface area contributed by atoms with Gasteiger partial charge in [0.1, 0.15) is 0 Å². The normalized spacial score (nSPS) is 11.6. The Kier molecular flexibility index (Phi) is 11.4. The first-order valence-corrected chi connectivity index (χ1v) is 9.88. The van der Waals surface area contributed by atoms with Crippen molar-refractivity contribution >= 4 is 16.5 Å². The summed E-state index contributed by atoms with van der Waals surface area (Å²) in [6.45, 7) is 8.99. The Bertz CT molecular complexity index is 503. The van der Waals surface area contributed by atoms with Crippen LogP contribution in [-0.4, -0.2) is 14.9 Å². The zero-order chi connectivity index (χ0) is 18.0. The maximum absolute atomic E-state index is 9.45. The van der Waals surface area contributed by atoms with Gasteiger partial charge < -0.3 is 5.11 Å². The van der Waals surface area contributed by atoms with Crippen molar-refractivity contribution in [2.45, 2.75) is 60.0 Å². The first kappa shape index (κ1) is 22.3. The lowest BCUT2D eigenvalue weighted by molar-refractivity contribution is 0.280. The second-order valence-electron chi connectivity index (χ2n) is 4.76. The molecule has 1 aromatic carbocycles. The molecule has 8 heteroatoms. The SMILES string of the molecule is CCc1cc(CO)c(CC)c(CC)c1CC.O=[P+](O)O[P+](=O)O. The van der Waals surface area contributed by atoms with Gasteiger partial charge in [-0.1, -0.05) is 33.8 Å². The molecule has 6 nitrogen and oxygen atoms in total. The van der Waals surface area contributed by atoms with Gasteiger partial charge in [0.2, 0.25) is 0 Å². The van der Waals surface area contributed by atoms with Crippen LogP contribution in [0.25, 0.3) is 0 Å². The molecule has 130 valence electrons. The summed E-state index contributed by atoms with van der Waals surface area (Å²) in [5, 5.41) is 9.45. The van der Waals surface area contributed by atoms with Gasteiger partial charge in [-0.2, -0.15) is 0 Å². The van der Waals surface area contributed by atoms with E-state index in [1.54, 1.807) is 0 Å². The molecule has 0 aliphatic carbocycles. The summed E-state index contributed by atoms with van der Waals surface area (Å²) in [4.78, 5) is 15.3. The minimum Gasteiger partial charge on any atom is -0.392 e. The molecule has 0 fully saturated rings. The third-order valence-corrected chi connectivity index (χ3v) is 4.72. The summed E-state index contributed by atoms with van der Waals surface area (Å²) in [6.07, 6.45) is 4.27. The van der Waals surface area contributed by atoms with Gasteiger partial charge in [-0.15, -0.1) is 9.79 Å². The van der Waals surface area contributed by atoms with Crippen molar-refractivity contribution in [1.29, 1.82) is 0 Å². The summed E-state index contributed by atoms with van der Waals surface area (Å²) in [5.41, 5.74) is 6.92. The molecule has 23 heavy (non-hydrogen) atoms. The van der Waals surface area contributed by atoms with Crippen molar-refractivity contribution in [3.05, 3.63) is 33.9 Å². The van der Waals surface area contributed by atoms with Crippen molar-refractivity contribution in [2.24, 2.45) is 0 Å². The molecular weight excluding hydrogens is 338 g/mol. The molecule has 1 rings (SSSR count). The standard InChI is InChI=1S/C15H24O.O5P2/c1-5-11-9-12(10-16)14(7-3)15(8-4)13(11)6-2;1-6(2)5-7(3)4/h9,16H,5-8,10H2,1-4H3;/p+2. The lowest BCUT2D eigenvalue weighted by atomic mass is 9.87. The Balaban J connectivity index is 0.000000585. The Morgan fingerprint density at radius 1 is 0.826 bits per heavy atom. The van der Waals surface area contributed by atoms with Gasteiger partial charge in [0, 0.05) is 9.13 Å². The first-order valence-electron chi connectivity index (χ1n) is 7.62. The van der Waals surface area contributed by atoms with Gasteiger partial charge in [0.05, 0.1) is 6.61 Å². The molecule has 0 bridgehead atoms. The minimum absolute atomic E-state index is 0.174. The largest absolute Gasteiger partial charge is 0.745 e. The average Bonchev–Trinajstić information content (AvgIpc) is 2.51. The average molecular weight is 364 g/mol. The van der Waals surface area contributed by atoms with E-state index in [1.165, 1.54) is 22.3 Å². The van der Waals surface area contributed by atoms with Gasteiger partial charge in [0.25, 0.3) is 0 Å². The quantitative estimate of drug-likeness (QED) is 0.637. The number of hydrogen-bond donors (Lipinski definition) is 3. The smallest absolute Gasteiger partial charge is 0.392 e. The van der Waals surface area contributed by atoms with E-state index in [0.717, 1.165) is 31.2 Å². The van der Waals surface area contributed by atoms with Crippen LogP contribution in [0.1, 0.15) is 55.5 Å². The number of aryl methyl sites for hydroxylation is 1. The maximum Gasteiger partial charge on any atom is 0.745 e. The van der Waals surface area contributed by atoms with Crippen LogP contribution in [0.5, 0.6) is 0 Å². The van der Waals surface area contributed by atoms with E-state index in [1.807, 2.05) is 0 Å². The number of rotatable bonds is 7. The summed E-state index contributed by atoms with van der Waals surface area (Å²) in [5.74, 6) is 0. The Hall–Kier alpha value is -0.740. The van der Waals surface area contributed by atoms with E-state index in [9.17, 15) is 14.2 Å². The molecule has 0 spiro atoms. The zero-order valence-corrected chi connectivity index (χ0v) is 15.9. The van der Waals surface area contributed by atoms with Crippen molar-refractivity contribution in [2.75, 3.05) is 0 Å². The van der Waals surface area contributed by atoms with Crippen LogP contribution in [0, 0.1) is 0 Å². The summed E-state index contributed by atoms with van der Waals surface area (Å²) >= 11 is 0. The fourth-order valence-electron chi connectivity index (χ4n) is 2.78. The van der Waals surface area contributed by atoms with Crippen LogP contribution in [0.4, 0.5) is 0 Å². The van der Waals surface area contributed by atoms with Crippen LogP contribution in [-0.2, 0) is 45.7 Å². The Morgan fingerprint density at radius 3 is 1.52 bits per heavy atom. The van der Waals surface area contributed by atoms with Gasteiger partial charge in [-0.25, -0.2) is 0 Å². The monoisotopic (exact) mass is 364 g/mol. The van der Waals surface area contributed by atoms with Crippen molar-refractivity contribution in [1.82, 2.24) is 0 Å². The number of benzene rings is 1.